The van der Waals surface area contributed by atoms with E-state index in [0.29, 0.717) is 40.9 Å². The molecule has 1 aliphatic carbocycles. The van der Waals surface area contributed by atoms with Crippen LogP contribution in [0.1, 0.15) is 43.7 Å². The molecular formula is C26H31F3N6O2. The van der Waals surface area contributed by atoms with E-state index in [4.69, 9.17) is 16.2 Å². The molecule has 0 bridgehead atoms. The van der Waals surface area contributed by atoms with Gasteiger partial charge in [-0.2, -0.15) is 18.2 Å². The molecule has 198 valence electrons. The van der Waals surface area contributed by atoms with Crippen molar-refractivity contribution in [1.29, 1.82) is 0 Å². The Morgan fingerprint density at radius 2 is 2.00 bits per heavy atom. The largest absolute Gasteiger partial charge is 0.450 e. The lowest BCUT2D eigenvalue weighted by Crippen LogP contribution is -2.37. The van der Waals surface area contributed by atoms with Gasteiger partial charge in [0.05, 0.1) is 11.9 Å². The summed E-state index contributed by atoms with van der Waals surface area (Å²) in [6.45, 7) is 4.59. The zero-order valence-corrected chi connectivity index (χ0v) is 20.4. The molecule has 11 heteroatoms. The topological polar surface area (TPSA) is 120 Å². The van der Waals surface area contributed by atoms with Crippen LogP contribution in [0.15, 0.2) is 59.7 Å². The van der Waals surface area contributed by atoms with Crippen LogP contribution in [0.5, 0.6) is 11.5 Å². The van der Waals surface area contributed by atoms with Gasteiger partial charge in [0.2, 0.25) is 0 Å². The van der Waals surface area contributed by atoms with Crippen LogP contribution >= 0.6 is 0 Å². The average molecular weight is 517 g/mol. The highest BCUT2D eigenvalue weighted by atomic mass is 19.4. The Hall–Kier alpha value is -3.57. The van der Waals surface area contributed by atoms with E-state index < -0.39 is 11.7 Å². The van der Waals surface area contributed by atoms with Crippen molar-refractivity contribution in [1.82, 2.24) is 14.9 Å². The molecule has 2 aliphatic rings. The number of hydrogen-bond acceptors (Lipinski definition) is 7. The van der Waals surface area contributed by atoms with Crippen LogP contribution in [0.2, 0.25) is 0 Å². The van der Waals surface area contributed by atoms with E-state index in [-0.39, 0.29) is 17.5 Å². The number of anilines is 2. The fourth-order valence-electron chi connectivity index (χ4n) is 4.52. The molecule has 8 nitrogen and oxygen atoms in total. The third kappa shape index (κ3) is 6.23. The molecule has 1 saturated carbocycles. The van der Waals surface area contributed by atoms with Crippen LogP contribution in [0.25, 0.3) is 5.57 Å². The van der Waals surface area contributed by atoms with Gasteiger partial charge in [-0.15, -0.1) is 0 Å². The van der Waals surface area contributed by atoms with Gasteiger partial charge in [0.15, 0.2) is 17.3 Å². The zero-order chi connectivity index (χ0) is 26.6. The number of hydrogen-bond donors (Lipinski definition) is 4. The van der Waals surface area contributed by atoms with Crippen LogP contribution in [-0.4, -0.2) is 34.9 Å². The van der Waals surface area contributed by atoms with E-state index in [1.807, 2.05) is 0 Å². The number of aromatic nitrogens is 2. The van der Waals surface area contributed by atoms with E-state index in [2.05, 4.69) is 22.2 Å². The Morgan fingerprint density at radius 1 is 1.24 bits per heavy atom. The van der Waals surface area contributed by atoms with E-state index in [0.717, 1.165) is 44.7 Å². The lowest BCUT2D eigenvalue weighted by molar-refractivity contribution is -0.0878. The molecule has 0 atom stereocenters. The Balaban J connectivity index is 1.47. The molecular weight excluding hydrogens is 485 g/mol. The van der Waals surface area contributed by atoms with Gasteiger partial charge in [-0.3, -0.25) is 4.57 Å². The van der Waals surface area contributed by atoms with E-state index >= 15 is 0 Å². The molecule has 0 unspecified atom stereocenters. The summed E-state index contributed by atoms with van der Waals surface area (Å²) in [5, 5.41) is 6.61. The Labute approximate surface area is 212 Å². The summed E-state index contributed by atoms with van der Waals surface area (Å²) in [6.07, 6.45) is 5.07. The predicted octanol–water partition coefficient (Wildman–Crippen LogP) is 4.49. The molecule has 6 N–H and O–H groups in total. The smallest absolute Gasteiger partial charge is 0.415 e. The highest BCUT2D eigenvalue weighted by Crippen LogP contribution is 2.42. The number of rotatable bonds is 8. The molecule has 0 saturated heterocycles. The molecule has 1 fully saturated rings. The van der Waals surface area contributed by atoms with Crippen LogP contribution in [0.3, 0.4) is 0 Å². The van der Waals surface area contributed by atoms with E-state index in [1.54, 1.807) is 29.0 Å². The minimum absolute atomic E-state index is 0.0423. The Morgan fingerprint density at radius 3 is 2.68 bits per heavy atom. The highest BCUT2D eigenvalue weighted by Gasteiger charge is 2.30. The van der Waals surface area contributed by atoms with Gasteiger partial charge in [0.25, 0.3) is 0 Å². The first-order valence-electron chi connectivity index (χ1n) is 12.2. The molecule has 4 rings (SSSR count). The third-order valence-corrected chi connectivity index (χ3v) is 6.62. The number of fused-ring (bicyclic) bond motifs is 2. The standard InChI is InChI=1S/C26H31F3N6O2/c1-16(26(27,28)29)3-4-18(14-31)17-5-10-22-21(13-17)33-24-23(37-22)15-35(25(36)34-24)20-8-6-19(7-9-20)32-12-2-11-30/h3-5,10,13-15,19-20,32H,1-2,6-9,11-12,30-31H2,(H,33,34,36)/b4-3-,18-14+. The quantitative estimate of drug-likeness (QED) is 0.257. The Kier molecular flexibility index (Phi) is 8.03. The van der Waals surface area contributed by atoms with Gasteiger partial charge in [-0.05, 0) is 74.5 Å². The first-order chi connectivity index (χ1) is 17.7. The van der Waals surface area contributed by atoms with Gasteiger partial charge < -0.3 is 26.8 Å². The second-order valence-electron chi connectivity index (χ2n) is 9.16. The minimum Gasteiger partial charge on any atom is -0.450 e. The van der Waals surface area contributed by atoms with Crippen molar-refractivity contribution in [2.45, 2.75) is 50.4 Å². The number of benzene rings is 1. The molecule has 2 heterocycles. The summed E-state index contributed by atoms with van der Waals surface area (Å²) in [5.41, 5.74) is 11.3. The molecule has 0 radical (unpaired) electrons. The third-order valence-electron chi connectivity index (χ3n) is 6.62. The number of allylic oxidation sites excluding steroid dienone is 4. The van der Waals surface area contributed by atoms with Crippen molar-refractivity contribution >= 4 is 17.1 Å². The minimum atomic E-state index is -4.52. The zero-order valence-electron chi connectivity index (χ0n) is 20.4. The predicted molar refractivity (Wildman–Crippen MR) is 138 cm³/mol. The van der Waals surface area contributed by atoms with E-state index in [9.17, 15) is 18.0 Å². The van der Waals surface area contributed by atoms with Crippen molar-refractivity contribution in [3.8, 4) is 11.5 Å². The lowest BCUT2D eigenvalue weighted by Gasteiger charge is -2.31. The SMILES string of the molecule is C=C(/C=C\C(=C/N)c1ccc2c(c1)Nc1nc(=O)n(C3CCC(NCCCN)CC3)cc1O2)C(F)(F)F. The number of nitrogens with one attached hydrogen (secondary N) is 2. The maximum absolute atomic E-state index is 12.8. The van der Waals surface area contributed by atoms with Gasteiger partial charge in [0.1, 0.15) is 0 Å². The number of alkyl halides is 3. The molecule has 2 aromatic rings. The van der Waals surface area contributed by atoms with Crippen LogP contribution < -0.4 is 32.5 Å². The highest BCUT2D eigenvalue weighted by molar-refractivity contribution is 5.81. The van der Waals surface area contributed by atoms with E-state index in [1.165, 1.54) is 12.3 Å². The van der Waals surface area contributed by atoms with Gasteiger partial charge >= 0.3 is 11.9 Å². The number of nitrogens with zero attached hydrogens (tertiary/aromatic N) is 2. The number of halogens is 3. The fraction of sp³-hybridized carbons (Fsp3) is 0.385. The fourth-order valence-corrected chi connectivity index (χ4v) is 4.52. The van der Waals surface area contributed by atoms with Crippen molar-refractivity contribution in [3.63, 3.8) is 0 Å². The van der Waals surface area contributed by atoms with Crippen molar-refractivity contribution in [2.75, 3.05) is 18.4 Å². The average Bonchev–Trinajstić information content (AvgIpc) is 2.87. The molecule has 1 aromatic heterocycles. The van der Waals surface area contributed by atoms with Crippen LogP contribution in [0, 0.1) is 0 Å². The van der Waals surface area contributed by atoms with Crippen molar-refractivity contribution in [3.05, 3.63) is 70.9 Å². The normalized spacial score (nSPS) is 19.6. The molecule has 1 aromatic carbocycles. The number of nitrogens with two attached hydrogens (primary N) is 2. The summed E-state index contributed by atoms with van der Waals surface area (Å²) in [5.74, 6) is 1.21. The second-order valence-corrected chi connectivity index (χ2v) is 9.16. The summed E-state index contributed by atoms with van der Waals surface area (Å²) in [4.78, 5) is 17.0. The van der Waals surface area contributed by atoms with Crippen molar-refractivity contribution < 1.29 is 17.9 Å². The maximum Gasteiger partial charge on any atom is 0.415 e. The summed E-state index contributed by atoms with van der Waals surface area (Å²) < 4.78 is 45.9. The summed E-state index contributed by atoms with van der Waals surface area (Å²) in [7, 11) is 0. The van der Waals surface area contributed by atoms with Crippen molar-refractivity contribution in [2.24, 2.45) is 11.5 Å². The van der Waals surface area contributed by atoms with Crippen LogP contribution in [0.4, 0.5) is 24.7 Å². The summed E-state index contributed by atoms with van der Waals surface area (Å²) in [6, 6.07) is 5.51. The molecule has 1 aliphatic heterocycles. The molecule has 37 heavy (non-hydrogen) atoms. The number of ether oxygens (including phenoxy) is 1. The van der Waals surface area contributed by atoms with Gasteiger partial charge in [0, 0.05) is 23.9 Å². The lowest BCUT2D eigenvalue weighted by atomic mass is 9.91. The van der Waals surface area contributed by atoms with Crippen LogP contribution in [-0.2, 0) is 0 Å². The monoisotopic (exact) mass is 516 g/mol. The maximum atomic E-state index is 12.8. The Bertz CT molecular complexity index is 1260. The summed E-state index contributed by atoms with van der Waals surface area (Å²) >= 11 is 0. The molecule has 0 amide bonds. The first kappa shape index (κ1) is 26.5. The molecule has 0 spiro atoms. The second kappa shape index (κ2) is 11.2. The van der Waals surface area contributed by atoms with Gasteiger partial charge in [-0.1, -0.05) is 18.7 Å². The van der Waals surface area contributed by atoms with Gasteiger partial charge in [-0.25, -0.2) is 4.79 Å². The first-order valence-corrected chi connectivity index (χ1v) is 12.2.